The average molecular weight is 339 g/mol. The molecular formula is C18H17N3O2S. The molecule has 1 aliphatic rings. The smallest absolute Gasteiger partial charge is 0.255 e. The average Bonchev–Trinajstić information content (AvgIpc) is 3.31. The summed E-state index contributed by atoms with van der Waals surface area (Å²) in [6.07, 6.45) is 3.76. The van der Waals surface area contributed by atoms with Gasteiger partial charge in [-0.05, 0) is 29.1 Å². The number of carbonyl (C=O) groups excluding carboxylic acids is 1. The number of amides is 1. The van der Waals surface area contributed by atoms with E-state index in [1.54, 1.807) is 13.3 Å². The molecule has 3 heterocycles. The number of ether oxygens (including phenoxy) is 1. The van der Waals surface area contributed by atoms with Crippen LogP contribution < -0.4 is 4.74 Å². The second-order valence-electron chi connectivity index (χ2n) is 5.73. The molecule has 0 N–H and O–H groups in total. The van der Waals surface area contributed by atoms with Gasteiger partial charge >= 0.3 is 0 Å². The monoisotopic (exact) mass is 339 g/mol. The Morgan fingerprint density at radius 3 is 2.83 bits per heavy atom. The van der Waals surface area contributed by atoms with Crippen molar-refractivity contribution in [3.05, 3.63) is 70.4 Å². The number of rotatable bonds is 3. The first kappa shape index (κ1) is 15.0. The van der Waals surface area contributed by atoms with Crippen molar-refractivity contribution >= 4 is 17.2 Å². The van der Waals surface area contributed by atoms with Crippen molar-refractivity contribution in [1.29, 1.82) is 0 Å². The SMILES string of the molecule is COc1ccc([C@@H]2Cn3ccnc3CN2C(=O)c2ccsc2)cc1. The molecule has 3 aromatic rings. The third kappa shape index (κ3) is 2.59. The molecule has 2 aromatic heterocycles. The van der Waals surface area contributed by atoms with Gasteiger partial charge in [0, 0.05) is 24.3 Å². The third-order valence-corrected chi connectivity index (χ3v) is 5.07. The van der Waals surface area contributed by atoms with E-state index in [-0.39, 0.29) is 11.9 Å². The minimum Gasteiger partial charge on any atom is -0.497 e. The van der Waals surface area contributed by atoms with Crippen molar-refractivity contribution < 1.29 is 9.53 Å². The molecule has 0 saturated carbocycles. The highest BCUT2D eigenvalue weighted by Crippen LogP contribution is 2.31. The molecule has 0 saturated heterocycles. The first-order valence-electron chi connectivity index (χ1n) is 7.73. The van der Waals surface area contributed by atoms with Gasteiger partial charge in [0.15, 0.2) is 0 Å². The summed E-state index contributed by atoms with van der Waals surface area (Å²) in [5.74, 6) is 1.78. The summed E-state index contributed by atoms with van der Waals surface area (Å²) in [5.41, 5.74) is 1.83. The Labute approximate surface area is 144 Å². The van der Waals surface area contributed by atoms with Gasteiger partial charge in [-0.1, -0.05) is 12.1 Å². The van der Waals surface area contributed by atoms with E-state index >= 15 is 0 Å². The van der Waals surface area contributed by atoms with E-state index < -0.39 is 0 Å². The number of imidazole rings is 1. The summed E-state index contributed by atoms with van der Waals surface area (Å²) in [6.45, 7) is 1.22. The molecule has 24 heavy (non-hydrogen) atoms. The number of benzene rings is 1. The van der Waals surface area contributed by atoms with Crippen molar-refractivity contribution in [1.82, 2.24) is 14.5 Å². The summed E-state index contributed by atoms with van der Waals surface area (Å²) in [5, 5.41) is 3.83. The number of hydrogen-bond donors (Lipinski definition) is 0. The first-order chi connectivity index (χ1) is 11.8. The summed E-state index contributed by atoms with van der Waals surface area (Å²) < 4.78 is 7.36. The van der Waals surface area contributed by atoms with Gasteiger partial charge in [-0.2, -0.15) is 11.3 Å². The second kappa shape index (κ2) is 6.13. The van der Waals surface area contributed by atoms with Crippen molar-refractivity contribution in [3.63, 3.8) is 0 Å². The van der Waals surface area contributed by atoms with E-state index in [9.17, 15) is 4.79 Å². The van der Waals surface area contributed by atoms with Crippen LogP contribution in [0.15, 0.2) is 53.5 Å². The van der Waals surface area contributed by atoms with Gasteiger partial charge in [-0.25, -0.2) is 4.98 Å². The Kier molecular flexibility index (Phi) is 3.82. The molecule has 1 atom stereocenters. The van der Waals surface area contributed by atoms with Gasteiger partial charge < -0.3 is 14.2 Å². The fraction of sp³-hybridized carbons (Fsp3) is 0.222. The van der Waals surface area contributed by atoms with Crippen LogP contribution in [0.5, 0.6) is 5.75 Å². The lowest BCUT2D eigenvalue weighted by molar-refractivity contribution is 0.0585. The van der Waals surface area contributed by atoms with Crippen LogP contribution in [0.25, 0.3) is 0 Å². The molecule has 1 amide bonds. The lowest BCUT2D eigenvalue weighted by Crippen LogP contribution is -2.41. The summed E-state index contributed by atoms with van der Waals surface area (Å²) in [4.78, 5) is 19.3. The Balaban J connectivity index is 1.71. The maximum Gasteiger partial charge on any atom is 0.255 e. The highest BCUT2D eigenvalue weighted by atomic mass is 32.1. The van der Waals surface area contributed by atoms with Gasteiger partial charge in [0.1, 0.15) is 11.6 Å². The lowest BCUT2D eigenvalue weighted by atomic mass is 10.0. The molecule has 0 unspecified atom stereocenters. The van der Waals surface area contributed by atoms with Crippen LogP contribution in [-0.2, 0) is 13.1 Å². The lowest BCUT2D eigenvalue weighted by Gasteiger charge is -2.36. The largest absolute Gasteiger partial charge is 0.497 e. The fourth-order valence-electron chi connectivity index (χ4n) is 3.08. The minimum absolute atomic E-state index is 0.0231. The molecule has 1 aromatic carbocycles. The Bertz CT molecular complexity index is 840. The number of thiophene rings is 1. The van der Waals surface area contributed by atoms with E-state index in [2.05, 4.69) is 9.55 Å². The van der Waals surface area contributed by atoms with Gasteiger partial charge in [0.2, 0.25) is 0 Å². The molecule has 0 radical (unpaired) electrons. The van der Waals surface area contributed by atoms with E-state index in [0.29, 0.717) is 13.1 Å². The van der Waals surface area contributed by atoms with Crippen molar-refractivity contribution in [2.45, 2.75) is 19.1 Å². The molecule has 0 bridgehead atoms. The van der Waals surface area contributed by atoms with E-state index in [1.807, 2.05) is 52.2 Å². The van der Waals surface area contributed by atoms with Gasteiger partial charge in [0.05, 0.1) is 25.3 Å². The number of carbonyl (C=O) groups is 1. The number of aromatic nitrogens is 2. The Morgan fingerprint density at radius 2 is 2.12 bits per heavy atom. The molecule has 5 nitrogen and oxygen atoms in total. The molecule has 0 fully saturated rings. The van der Waals surface area contributed by atoms with Crippen LogP contribution in [0.2, 0.25) is 0 Å². The summed E-state index contributed by atoms with van der Waals surface area (Å²) in [6, 6.07) is 9.78. The predicted octanol–water partition coefficient (Wildman–Crippen LogP) is 3.35. The van der Waals surface area contributed by atoms with Crippen molar-refractivity contribution in [2.24, 2.45) is 0 Å². The second-order valence-corrected chi connectivity index (χ2v) is 6.51. The van der Waals surface area contributed by atoms with Crippen LogP contribution >= 0.6 is 11.3 Å². The molecule has 122 valence electrons. The van der Waals surface area contributed by atoms with E-state index in [0.717, 1.165) is 22.7 Å². The Morgan fingerprint density at radius 1 is 1.29 bits per heavy atom. The molecule has 0 aliphatic carbocycles. The standard InChI is InChI=1S/C18H17N3O2S/c1-23-15-4-2-13(3-5-15)16-10-20-8-7-19-17(20)11-21(16)18(22)14-6-9-24-12-14/h2-9,12,16H,10-11H2,1H3/t16-/m0/s1. The van der Waals surface area contributed by atoms with Crippen molar-refractivity contribution in [2.75, 3.05) is 7.11 Å². The van der Waals surface area contributed by atoms with Crippen LogP contribution in [0.3, 0.4) is 0 Å². The highest BCUT2D eigenvalue weighted by Gasteiger charge is 2.32. The third-order valence-electron chi connectivity index (χ3n) is 4.39. The molecule has 1 aliphatic heterocycles. The molecule has 0 spiro atoms. The zero-order valence-electron chi connectivity index (χ0n) is 13.3. The minimum atomic E-state index is -0.0231. The van der Waals surface area contributed by atoms with E-state index in [4.69, 9.17) is 4.74 Å². The fourth-order valence-corrected chi connectivity index (χ4v) is 3.71. The summed E-state index contributed by atoms with van der Waals surface area (Å²) in [7, 11) is 1.65. The number of nitrogens with zero attached hydrogens (tertiary/aromatic N) is 3. The number of fused-ring (bicyclic) bond motifs is 1. The van der Waals surface area contributed by atoms with Crippen LogP contribution in [0.4, 0.5) is 0 Å². The van der Waals surface area contributed by atoms with Crippen molar-refractivity contribution in [3.8, 4) is 5.75 Å². The normalized spacial score (nSPS) is 16.7. The molecule has 4 rings (SSSR count). The first-order valence-corrected chi connectivity index (χ1v) is 8.67. The number of hydrogen-bond acceptors (Lipinski definition) is 4. The molecular weight excluding hydrogens is 322 g/mol. The highest BCUT2D eigenvalue weighted by molar-refractivity contribution is 7.08. The van der Waals surface area contributed by atoms with Crippen LogP contribution in [-0.4, -0.2) is 27.5 Å². The Hall–Kier alpha value is -2.60. The van der Waals surface area contributed by atoms with E-state index in [1.165, 1.54) is 11.3 Å². The van der Waals surface area contributed by atoms with Crippen LogP contribution in [0.1, 0.15) is 27.8 Å². The molecule has 6 heteroatoms. The van der Waals surface area contributed by atoms with Gasteiger partial charge in [-0.3, -0.25) is 4.79 Å². The topological polar surface area (TPSA) is 47.4 Å². The summed E-state index contributed by atoms with van der Waals surface area (Å²) >= 11 is 1.54. The maximum atomic E-state index is 13.0. The quantitative estimate of drug-likeness (QED) is 0.735. The zero-order valence-corrected chi connectivity index (χ0v) is 14.1. The van der Waals surface area contributed by atoms with Gasteiger partial charge in [0.25, 0.3) is 5.91 Å². The van der Waals surface area contributed by atoms with Crippen LogP contribution in [0, 0.1) is 0 Å². The van der Waals surface area contributed by atoms with Gasteiger partial charge in [-0.15, -0.1) is 0 Å². The number of methoxy groups -OCH3 is 1. The maximum absolute atomic E-state index is 13.0. The predicted molar refractivity (Wildman–Crippen MR) is 92.2 cm³/mol. The zero-order chi connectivity index (χ0) is 16.5.